The van der Waals surface area contributed by atoms with Crippen LogP contribution in [0, 0.1) is 0 Å². The van der Waals surface area contributed by atoms with Crippen LogP contribution in [0.5, 0.6) is 0 Å². The molecule has 0 aliphatic heterocycles. The van der Waals surface area contributed by atoms with Gasteiger partial charge in [0.1, 0.15) is 5.82 Å². The second kappa shape index (κ2) is 7.52. The molecule has 0 spiro atoms. The Hall–Kier alpha value is -1.30. The molecule has 2 aromatic rings. The van der Waals surface area contributed by atoms with E-state index >= 15 is 0 Å². The first-order valence-electron chi connectivity index (χ1n) is 9.93. The number of H-pyrrole nitrogens is 1. The summed E-state index contributed by atoms with van der Waals surface area (Å²) in [4.78, 5) is 25.9. The van der Waals surface area contributed by atoms with Crippen molar-refractivity contribution in [2.24, 2.45) is 0 Å². The Morgan fingerprint density at radius 1 is 1.08 bits per heavy atom. The van der Waals surface area contributed by atoms with Crippen molar-refractivity contribution in [3.63, 3.8) is 0 Å². The average Bonchev–Trinajstić information content (AvgIpc) is 3.28. The van der Waals surface area contributed by atoms with Crippen LogP contribution < -0.4 is 5.56 Å². The van der Waals surface area contributed by atoms with Crippen molar-refractivity contribution in [3.8, 4) is 0 Å². The van der Waals surface area contributed by atoms with E-state index < -0.39 is 0 Å². The number of aromatic nitrogens is 4. The average molecular weight is 361 g/mol. The molecule has 1 N–H and O–H groups in total. The minimum absolute atomic E-state index is 0.0573. The van der Waals surface area contributed by atoms with Crippen LogP contribution in [-0.2, 0) is 6.54 Å². The van der Waals surface area contributed by atoms with Crippen LogP contribution >= 0.6 is 11.8 Å². The van der Waals surface area contributed by atoms with E-state index in [1.807, 2.05) is 4.57 Å². The number of thioether (sulfide) groups is 1. The monoisotopic (exact) mass is 360 g/mol. The maximum atomic E-state index is 13.0. The van der Waals surface area contributed by atoms with Gasteiger partial charge < -0.3 is 4.98 Å². The van der Waals surface area contributed by atoms with Gasteiger partial charge >= 0.3 is 0 Å². The highest BCUT2D eigenvalue weighted by molar-refractivity contribution is 7.99. The van der Waals surface area contributed by atoms with Crippen LogP contribution in [-0.4, -0.2) is 24.8 Å². The summed E-state index contributed by atoms with van der Waals surface area (Å²) in [6, 6.07) is 0. The first-order valence-corrected chi connectivity index (χ1v) is 10.8. The molecule has 2 aliphatic carbocycles. The van der Waals surface area contributed by atoms with Crippen LogP contribution in [0.2, 0.25) is 0 Å². The Balaban J connectivity index is 1.72. The number of imidazole rings is 1. The maximum Gasteiger partial charge on any atom is 0.280 e. The fraction of sp³-hybridized carbons (Fsp3) is 0.737. The zero-order valence-corrected chi connectivity index (χ0v) is 15.9. The number of fused-ring (bicyclic) bond motifs is 1. The van der Waals surface area contributed by atoms with Crippen molar-refractivity contribution in [1.29, 1.82) is 0 Å². The standard InChI is InChI=1S/C19H28N4OS/c1-2-12-23-18(24)15-17(21-16(20-15)13-8-6-7-9-13)22-19(23)25-14-10-4-3-5-11-14/h13-14H,2-12H2,1H3,(H,20,21). The van der Waals surface area contributed by atoms with Gasteiger partial charge in [-0.1, -0.05) is 50.8 Å². The second-order valence-electron chi connectivity index (χ2n) is 7.53. The van der Waals surface area contributed by atoms with Crippen LogP contribution in [0.3, 0.4) is 0 Å². The molecule has 6 heteroatoms. The van der Waals surface area contributed by atoms with Gasteiger partial charge in [-0.2, -0.15) is 0 Å². The molecule has 0 saturated heterocycles. The first kappa shape index (κ1) is 17.1. The lowest BCUT2D eigenvalue weighted by molar-refractivity contribution is 0.511. The molecule has 2 saturated carbocycles. The van der Waals surface area contributed by atoms with E-state index in [0.29, 0.717) is 22.3 Å². The third-order valence-electron chi connectivity index (χ3n) is 5.61. The van der Waals surface area contributed by atoms with Crippen molar-refractivity contribution in [2.75, 3.05) is 0 Å². The molecule has 25 heavy (non-hydrogen) atoms. The molecule has 5 nitrogen and oxygen atoms in total. The Kier molecular flexibility index (Phi) is 5.15. The number of nitrogens with one attached hydrogen (secondary N) is 1. The highest BCUT2D eigenvalue weighted by Gasteiger charge is 2.24. The van der Waals surface area contributed by atoms with E-state index in [1.165, 1.54) is 57.8 Å². The van der Waals surface area contributed by atoms with E-state index in [-0.39, 0.29) is 5.56 Å². The summed E-state index contributed by atoms with van der Waals surface area (Å²) in [7, 11) is 0. The van der Waals surface area contributed by atoms with E-state index in [1.54, 1.807) is 11.8 Å². The smallest absolute Gasteiger partial charge is 0.280 e. The Labute approximate surface area is 153 Å². The van der Waals surface area contributed by atoms with Crippen molar-refractivity contribution in [2.45, 2.75) is 94.0 Å². The van der Waals surface area contributed by atoms with Crippen LogP contribution in [0.15, 0.2) is 9.95 Å². The molecule has 0 aromatic carbocycles. The number of nitrogens with zero attached hydrogens (tertiary/aromatic N) is 3. The van der Waals surface area contributed by atoms with Gasteiger partial charge in [-0.05, 0) is 32.1 Å². The predicted octanol–water partition coefficient (Wildman–Crippen LogP) is 4.61. The molecular weight excluding hydrogens is 332 g/mol. The lowest BCUT2D eigenvalue weighted by Gasteiger charge is -2.21. The zero-order valence-electron chi connectivity index (χ0n) is 15.1. The fourth-order valence-corrected chi connectivity index (χ4v) is 5.53. The molecular formula is C19H28N4OS. The van der Waals surface area contributed by atoms with Gasteiger partial charge in [-0.15, -0.1) is 0 Å². The number of hydrogen-bond donors (Lipinski definition) is 1. The maximum absolute atomic E-state index is 13.0. The molecule has 0 amide bonds. The third-order valence-corrected chi connectivity index (χ3v) is 6.94. The Bertz CT molecular complexity index is 785. The lowest BCUT2D eigenvalue weighted by Crippen LogP contribution is -2.24. The summed E-state index contributed by atoms with van der Waals surface area (Å²) in [6.07, 6.45) is 12.2. The molecule has 2 fully saturated rings. The van der Waals surface area contributed by atoms with Crippen molar-refractivity contribution >= 4 is 22.9 Å². The molecule has 2 aromatic heterocycles. The zero-order chi connectivity index (χ0) is 17.2. The van der Waals surface area contributed by atoms with Crippen LogP contribution in [0.25, 0.3) is 11.2 Å². The molecule has 4 rings (SSSR count). The van der Waals surface area contributed by atoms with E-state index in [0.717, 1.165) is 23.9 Å². The minimum atomic E-state index is 0.0573. The molecule has 0 radical (unpaired) electrons. The summed E-state index contributed by atoms with van der Waals surface area (Å²) < 4.78 is 1.87. The highest BCUT2D eigenvalue weighted by Crippen LogP contribution is 2.34. The van der Waals surface area contributed by atoms with Gasteiger partial charge in [0.15, 0.2) is 16.3 Å². The summed E-state index contributed by atoms with van der Waals surface area (Å²) in [5, 5.41) is 1.46. The SMILES string of the molecule is CCCn1c(SC2CCCCC2)nc2nc(C3CCCC3)[nH]c2c1=O. The number of hydrogen-bond acceptors (Lipinski definition) is 4. The van der Waals surface area contributed by atoms with Crippen LogP contribution in [0.1, 0.15) is 82.9 Å². The molecule has 2 heterocycles. The number of aromatic amines is 1. The van der Waals surface area contributed by atoms with Gasteiger partial charge in [0, 0.05) is 17.7 Å². The topological polar surface area (TPSA) is 63.6 Å². The second-order valence-corrected chi connectivity index (χ2v) is 8.80. The molecule has 0 bridgehead atoms. The van der Waals surface area contributed by atoms with Gasteiger partial charge in [-0.25, -0.2) is 9.97 Å². The lowest BCUT2D eigenvalue weighted by atomic mass is 10.0. The van der Waals surface area contributed by atoms with Crippen molar-refractivity contribution < 1.29 is 0 Å². The largest absolute Gasteiger partial charge is 0.336 e. The summed E-state index contributed by atoms with van der Waals surface area (Å²) >= 11 is 1.80. The normalized spacial score (nSPS) is 19.9. The fourth-order valence-electron chi connectivity index (χ4n) is 4.22. The highest BCUT2D eigenvalue weighted by atomic mass is 32.2. The minimum Gasteiger partial charge on any atom is -0.336 e. The van der Waals surface area contributed by atoms with Crippen LogP contribution in [0.4, 0.5) is 0 Å². The van der Waals surface area contributed by atoms with E-state index in [4.69, 9.17) is 9.97 Å². The molecule has 136 valence electrons. The van der Waals surface area contributed by atoms with E-state index in [9.17, 15) is 4.79 Å². The number of rotatable bonds is 5. The quantitative estimate of drug-likeness (QED) is 0.791. The van der Waals surface area contributed by atoms with Crippen molar-refractivity contribution in [3.05, 3.63) is 16.2 Å². The Morgan fingerprint density at radius 2 is 1.80 bits per heavy atom. The predicted molar refractivity (Wildman–Crippen MR) is 102 cm³/mol. The molecule has 0 unspecified atom stereocenters. The summed E-state index contributed by atoms with van der Waals surface area (Å²) in [5.41, 5.74) is 1.28. The van der Waals surface area contributed by atoms with E-state index in [2.05, 4.69) is 11.9 Å². The van der Waals surface area contributed by atoms with Gasteiger partial charge in [0.25, 0.3) is 5.56 Å². The Morgan fingerprint density at radius 3 is 2.52 bits per heavy atom. The summed E-state index contributed by atoms with van der Waals surface area (Å²) in [5.74, 6) is 1.45. The van der Waals surface area contributed by atoms with Crippen molar-refractivity contribution in [1.82, 2.24) is 19.5 Å². The van der Waals surface area contributed by atoms with Gasteiger partial charge in [-0.3, -0.25) is 9.36 Å². The van der Waals surface area contributed by atoms with Gasteiger partial charge in [0.2, 0.25) is 0 Å². The van der Waals surface area contributed by atoms with Gasteiger partial charge in [0.05, 0.1) is 0 Å². The molecule has 0 atom stereocenters. The molecule has 2 aliphatic rings. The summed E-state index contributed by atoms with van der Waals surface area (Å²) in [6.45, 7) is 2.84. The third kappa shape index (κ3) is 3.50. The first-order chi connectivity index (χ1) is 12.3.